The van der Waals surface area contributed by atoms with E-state index in [0.29, 0.717) is 30.8 Å². The molecule has 1 aromatic carbocycles. The predicted molar refractivity (Wildman–Crippen MR) is 100 cm³/mol. The largest absolute Gasteiger partial charge is 0.489 e. The molecule has 2 aromatic rings. The topological polar surface area (TPSA) is 88.5 Å². The van der Waals surface area contributed by atoms with Gasteiger partial charge in [0.15, 0.2) is 0 Å². The molecule has 1 aliphatic rings. The van der Waals surface area contributed by atoms with E-state index in [-0.39, 0.29) is 11.9 Å². The van der Waals surface area contributed by atoms with Crippen molar-refractivity contribution in [1.82, 2.24) is 10.3 Å². The SMILES string of the molecule is O=C(N[C@H]1CCCCC[C@H]1C(=O)O)c1ccc(OCc2ccncc2)cc1. The van der Waals surface area contributed by atoms with Crippen molar-refractivity contribution in [3.8, 4) is 5.75 Å². The minimum Gasteiger partial charge on any atom is -0.489 e. The number of aromatic nitrogens is 1. The van der Waals surface area contributed by atoms with Crippen LogP contribution in [0.25, 0.3) is 0 Å². The van der Waals surface area contributed by atoms with Crippen LogP contribution in [-0.4, -0.2) is 28.0 Å². The first-order chi connectivity index (χ1) is 13.1. The van der Waals surface area contributed by atoms with Gasteiger partial charge in [-0.05, 0) is 54.8 Å². The van der Waals surface area contributed by atoms with E-state index >= 15 is 0 Å². The molecule has 1 fully saturated rings. The third-order valence-electron chi connectivity index (χ3n) is 4.92. The second-order valence-electron chi connectivity index (χ2n) is 6.83. The van der Waals surface area contributed by atoms with E-state index in [2.05, 4.69) is 10.3 Å². The lowest BCUT2D eigenvalue weighted by molar-refractivity contribution is -0.142. The van der Waals surface area contributed by atoms with Crippen molar-refractivity contribution in [1.29, 1.82) is 0 Å². The van der Waals surface area contributed by atoms with Crippen molar-refractivity contribution in [3.63, 3.8) is 0 Å². The lowest BCUT2D eigenvalue weighted by atomic mass is 9.94. The van der Waals surface area contributed by atoms with Crippen LogP contribution in [0.15, 0.2) is 48.8 Å². The number of hydrogen-bond donors (Lipinski definition) is 2. The highest BCUT2D eigenvalue weighted by atomic mass is 16.5. The fourth-order valence-corrected chi connectivity index (χ4v) is 3.38. The fraction of sp³-hybridized carbons (Fsp3) is 0.381. The molecule has 2 atom stereocenters. The average Bonchev–Trinajstić information content (AvgIpc) is 2.93. The van der Waals surface area contributed by atoms with Gasteiger partial charge in [-0.2, -0.15) is 0 Å². The summed E-state index contributed by atoms with van der Waals surface area (Å²) in [5.74, 6) is -0.920. The molecule has 1 amide bonds. The summed E-state index contributed by atoms with van der Waals surface area (Å²) in [7, 11) is 0. The minimum absolute atomic E-state index is 0.242. The highest BCUT2D eigenvalue weighted by Crippen LogP contribution is 2.24. The lowest BCUT2D eigenvalue weighted by Crippen LogP contribution is -2.42. The van der Waals surface area contributed by atoms with Gasteiger partial charge in [-0.15, -0.1) is 0 Å². The Morgan fingerprint density at radius 2 is 1.74 bits per heavy atom. The summed E-state index contributed by atoms with van der Waals surface area (Å²) in [6.45, 7) is 0.427. The van der Waals surface area contributed by atoms with E-state index in [1.54, 1.807) is 36.7 Å². The lowest BCUT2D eigenvalue weighted by Gasteiger charge is -2.23. The third kappa shape index (κ3) is 5.29. The molecule has 0 bridgehead atoms. The van der Waals surface area contributed by atoms with Gasteiger partial charge in [0.05, 0.1) is 5.92 Å². The van der Waals surface area contributed by atoms with Gasteiger partial charge in [-0.1, -0.05) is 19.3 Å². The third-order valence-corrected chi connectivity index (χ3v) is 4.92. The Labute approximate surface area is 158 Å². The summed E-state index contributed by atoms with van der Waals surface area (Å²) < 4.78 is 5.70. The zero-order valence-electron chi connectivity index (χ0n) is 15.1. The van der Waals surface area contributed by atoms with Gasteiger partial charge >= 0.3 is 5.97 Å². The van der Waals surface area contributed by atoms with Crippen LogP contribution in [0.4, 0.5) is 0 Å². The molecule has 0 unspecified atom stereocenters. The Bertz CT molecular complexity index is 762. The van der Waals surface area contributed by atoms with Gasteiger partial charge in [-0.25, -0.2) is 0 Å². The van der Waals surface area contributed by atoms with Crippen molar-refractivity contribution >= 4 is 11.9 Å². The summed E-state index contributed by atoms with van der Waals surface area (Å²) in [5, 5.41) is 12.4. The molecule has 0 radical (unpaired) electrons. The molecule has 1 aliphatic carbocycles. The number of carboxylic acids is 1. The maximum Gasteiger partial charge on any atom is 0.308 e. The number of nitrogens with one attached hydrogen (secondary N) is 1. The number of carbonyl (C=O) groups excluding carboxylic acids is 1. The molecule has 27 heavy (non-hydrogen) atoms. The number of amides is 1. The maximum atomic E-state index is 12.5. The quantitative estimate of drug-likeness (QED) is 0.763. The molecule has 0 saturated heterocycles. The predicted octanol–water partition coefficient (Wildman–Crippen LogP) is 3.42. The smallest absolute Gasteiger partial charge is 0.308 e. The number of aliphatic carboxylic acids is 1. The summed E-state index contributed by atoms with van der Waals surface area (Å²) in [5.41, 5.74) is 1.51. The van der Waals surface area contributed by atoms with Crippen LogP contribution in [-0.2, 0) is 11.4 Å². The highest BCUT2D eigenvalue weighted by molar-refractivity contribution is 5.94. The minimum atomic E-state index is -0.831. The number of carboxylic acid groups (broad SMARTS) is 1. The van der Waals surface area contributed by atoms with E-state index in [4.69, 9.17) is 4.74 Å². The molecule has 0 spiro atoms. The summed E-state index contributed by atoms with van der Waals surface area (Å²) >= 11 is 0. The molecule has 6 nitrogen and oxygen atoms in total. The van der Waals surface area contributed by atoms with E-state index in [1.807, 2.05) is 12.1 Å². The number of nitrogens with zero attached hydrogens (tertiary/aromatic N) is 1. The van der Waals surface area contributed by atoms with Crippen molar-refractivity contribution in [2.45, 2.75) is 44.8 Å². The standard InChI is InChI=1S/C21H24N2O4/c24-20(23-19-5-3-1-2-4-18(19)21(25)26)16-6-8-17(9-7-16)27-14-15-10-12-22-13-11-15/h6-13,18-19H,1-5,14H2,(H,23,24)(H,25,26)/t18-,19+/m1/s1. The average molecular weight is 368 g/mol. The molecule has 3 rings (SSSR count). The Morgan fingerprint density at radius 3 is 2.44 bits per heavy atom. The van der Waals surface area contributed by atoms with Crippen LogP contribution in [0.3, 0.4) is 0 Å². The normalized spacial score (nSPS) is 19.7. The zero-order chi connectivity index (χ0) is 19.1. The van der Waals surface area contributed by atoms with Crippen LogP contribution in [0.1, 0.15) is 48.0 Å². The Kier molecular flexibility index (Phi) is 6.41. The Balaban J connectivity index is 1.58. The number of rotatable bonds is 6. The van der Waals surface area contributed by atoms with Crippen LogP contribution in [0, 0.1) is 5.92 Å². The number of hydrogen-bond acceptors (Lipinski definition) is 4. The van der Waals surface area contributed by atoms with Gasteiger partial charge in [0.1, 0.15) is 12.4 Å². The van der Waals surface area contributed by atoms with E-state index < -0.39 is 11.9 Å². The summed E-state index contributed by atoms with van der Waals surface area (Å²) in [6.07, 6.45) is 7.59. The molecule has 6 heteroatoms. The van der Waals surface area contributed by atoms with Crippen LogP contribution in [0.2, 0.25) is 0 Å². The molecule has 1 aromatic heterocycles. The first kappa shape index (κ1) is 18.9. The van der Waals surface area contributed by atoms with Crippen LogP contribution >= 0.6 is 0 Å². The molecular formula is C21H24N2O4. The second kappa shape index (κ2) is 9.16. The number of ether oxygens (including phenoxy) is 1. The molecule has 2 N–H and O–H groups in total. The van der Waals surface area contributed by atoms with E-state index in [9.17, 15) is 14.7 Å². The van der Waals surface area contributed by atoms with Gasteiger partial charge in [0.2, 0.25) is 0 Å². The van der Waals surface area contributed by atoms with Crippen molar-refractivity contribution in [2.24, 2.45) is 5.92 Å². The van der Waals surface area contributed by atoms with E-state index in [1.165, 1.54) is 0 Å². The Hall–Kier alpha value is -2.89. The number of carbonyl (C=O) groups is 2. The highest BCUT2D eigenvalue weighted by Gasteiger charge is 2.30. The Morgan fingerprint density at radius 1 is 1.04 bits per heavy atom. The summed E-state index contributed by atoms with van der Waals surface area (Å²) in [4.78, 5) is 28.0. The summed E-state index contributed by atoms with van der Waals surface area (Å²) in [6, 6.07) is 10.3. The van der Waals surface area contributed by atoms with Gasteiger partial charge in [0.25, 0.3) is 5.91 Å². The van der Waals surface area contributed by atoms with Crippen molar-refractivity contribution < 1.29 is 19.4 Å². The van der Waals surface area contributed by atoms with Gasteiger partial charge in [0, 0.05) is 24.0 Å². The van der Waals surface area contributed by atoms with Crippen molar-refractivity contribution in [2.75, 3.05) is 0 Å². The number of pyridine rings is 1. The van der Waals surface area contributed by atoms with E-state index in [0.717, 1.165) is 24.8 Å². The second-order valence-corrected chi connectivity index (χ2v) is 6.83. The molecular weight excluding hydrogens is 344 g/mol. The zero-order valence-corrected chi connectivity index (χ0v) is 15.1. The molecule has 142 valence electrons. The van der Waals surface area contributed by atoms with Crippen LogP contribution in [0.5, 0.6) is 5.75 Å². The number of benzene rings is 1. The van der Waals surface area contributed by atoms with Crippen molar-refractivity contribution in [3.05, 3.63) is 59.9 Å². The molecule has 1 heterocycles. The monoisotopic (exact) mass is 368 g/mol. The maximum absolute atomic E-state index is 12.5. The first-order valence-electron chi connectivity index (χ1n) is 9.29. The fourth-order valence-electron chi connectivity index (χ4n) is 3.38. The first-order valence-corrected chi connectivity index (χ1v) is 9.29. The van der Waals surface area contributed by atoms with Gasteiger partial charge < -0.3 is 15.2 Å². The molecule has 0 aliphatic heterocycles. The van der Waals surface area contributed by atoms with Crippen LogP contribution < -0.4 is 10.1 Å². The van der Waals surface area contributed by atoms with Gasteiger partial charge in [-0.3, -0.25) is 14.6 Å². The molecule has 1 saturated carbocycles.